The molecule has 0 aliphatic carbocycles. The summed E-state index contributed by atoms with van der Waals surface area (Å²) < 4.78 is 13.5. The normalized spacial score (nSPS) is 11.2. The van der Waals surface area contributed by atoms with Gasteiger partial charge in [0.2, 0.25) is 0 Å². The maximum absolute atomic E-state index is 13.5. The monoisotopic (exact) mass is 348 g/mol. The Bertz CT molecular complexity index is 855. The molecule has 0 spiro atoms. The number of hydrogen-bond acceptors (Lipinski definition) is 2. The van der Waals surface area contributed by atoms with Crippen molar-refractivity contribution in [2.75, 3.05) is 11.5 Å². The molecule has 0 amide bonds. The summed E-state index contributed by atoms with van der Waals surface area (Å²) in [6, 6.07) is 15.2. The molecular formula is C23H25FN2. The highest BCUT2D eigenvalue weighted by molar-refractivity contribution is 5.60. The number of rotatable bonds is 3. The van der Waals surface area contributed by atoms with E-state index in [0.29, 0.717) is 0 Å². The fourth-order valence-electron chi connectivity index (χ4n) is 3.58. The molecule has 4 N–H and O–H groups in total. The van der Waals surface area contributed by atoms with Crippen LogP contribution in [-0.4, -0.2) is 0 Å². The zero-order valence-electron chi connectivity index (χ0n) is 15.7. The van der Waals surface area contributed by atoms with Gasteiger partial charge in [0.05, 0.1) is 0 Å². The standard InChI is InChI=1S/C23H25FN2/c1-13-9-18(10-14(2)22(13)25)21(17-5-7-20(24)8-6-17)19-11-15(3)23(26)16(4)12-19/h5-12,21H,25-26H2,1-4H3. The lowest BCUT2D eigenvalue weighted by molar-refractivity contribution is 0.627. The minimum absolute atomic E-state index is 0.00778. The van der Waals surface area contributed by atoms with Gasteiger partial charge in [-0.2, -0.15) is 0 Å². The number of nitrogens with two attached hydrogens (primary N) is 2. The van der Waals surface area contributed by atoms with E-state index in [1.807, 2.05) is 39.8 Å². The third kappa shape index (κ3) is 3.30. The fraction of sp³-hybridized carbons (Fsp3) is 0.217. The van der Waals surface area contributed by atoms with E-state index in [-0.39, 0.29) is 11.7 Å². The van der Waals surface area contributed by atoms with E-state index >= 15 is 0 Å². The Balaban J connectivity index is 2.25. The van der Waals surface area contributed by atoms with Gasteiger partial charge in [-0.15, -0.1) is 0 Å². The van der Waals surface area contributed by atoms with Crippen LogP contribution in [-0.2, 0) is 0 Å². The van der Waals surface area contributed by atoms with Crippen LogP contribution in [0.4, 0.5) is 15.8 Å². The highest BCUT2D eigenvalue weighted by Gasteiger charge is 2.20. The Kier molecular flexibility index (Phi) is 4.73. The second-order valence-electron chi connectivity index (χ2n) is 7.12. The molecule has 2 nitrogen and oxygen atoms in total. The molecule has 0 atom stereocenters. The van der Waals surface area contributed by atoms with Gasteiger partial charge in [0.15, 0.2) is 0 Å². The Hall–Kier alpha value is -2.81. The summed E-state index contributed by atoms with van der Waals surface area (Å²) in [6.07, 6.45) is 0. The predicted molar refractivity (Wildman–Crippen MR) is 108 cm³/mol. The minimum Gasteiger partial charge on any atom is -0.398 e. The van der Waals surface area contributed by atoms with Crippen LogP contribution in [0.25, 0.3) is 0 Å². The molecule has 3 aromatic rings. The Labute approximate surface area is 154 Å². The summed E-state index contributed by atoms with van der Waals surface area (Å²) >= 11 is 0. The SMILES string of the molecule is Cc1cc(C(c2ccc(F)cc2)c2cc(C)c(N)c(C)c2)cc(C)c1N. The van der Waals surface area contributed by atoms with Crippen LogP contribution in [0.5, 0.6) is 0 Å². The zero-order valence-corrected chi connectivity index (χ0v) is 15.7. The van der Waals surface area contributed by atoms with Crippen molar-refractivity contribution in [2.45, 2.75) is 33.6 Å². The van der Waals surface area contributed by atoms with Crippen LogP contribution >= 0.6 is 0 Å². The maximum atomic E-state index is 13.5. The second kappa shape index (κ2) is 6.83. The van der Waals surface area contributed by atoms with Crippen molar-refractivity contribution in [3.63, 3.8) is 0 Å². The van der Waals surface area contributed by atoms with Crippen LogP contribution in [0, 0.1) is 33.5 Å². The average molecular weight is 348 g/mol. The highest BCUT2D eigenvalue weighted by Crippen LogP contribution is 2.36. The molecule has 0 aromatic heterocycles. The fourth-order valence-corrected chi connectivity index (χ4v) is 3.58. The topological polar surface area (TPSA) is 52.0 Å². The molecule has 3 aromatic carbocycles. The maximum Gasteiger partial charge on any atom is 0.123 e. The van der Waals surface area contributed by atoms with Crippen LogP contribution in [0.1, 0.15) is 44.9 Å². The molecule has 134 valence electrons. The number of anilines is 2. The van der Waals surface area contributed by atoms with Gasteiger partial charge in [-0.25, -0.2) is 4.39 Å². The third-order valence-electron chi connectivity index (χ3n) is 5.10. The predicted octanol–water partition coefficient (Wildman–Crippen LogP) is 5.40. The van der Waals surface area contributed by atoms with Gasteiger partial charge in [0, 0.05) is 17.3 Å². The molecule has 0 saturated heterocycles. The van der Waals surface area contributed by atoms with Gasteiger partial charge in [-0.3, -0.25) is 0 Å². The summed E-state index contributed by atoms with van der Waals surface area (Å²) in [6.45, 7) is 8.08. The van der Waals surface area contributed by atoms with Crippen LogP contribution < -0.4 is 11.5 Å². The van der Waals surface area contributed by atoms with E-state index in [4.69, 9.17) is 11.5 Å². The molecule has 3 rings (SSSR count). The summed E-state index contributed by atoms with van der Waals surface area (Å²) in [7, 11) is 0. The molecule has 0 saturated carbocycles. The molecule has 0 aliphatic heterocycles. The Morgan fingerprint density at radius 2 is 0.962 bits per heavy atom. The first kappa shape index (κ1) is 18.0. The Morgan fingerprint density at radius 3 is 1.31 bits per heavy atom. The van der Waals surface area contributed by atoms with Crippen molar-refractivity contribution in [3.8, 4) is 0 Å². The molecular weight excluding hydrogens is 323 g/mol. The van der Waals surface area contributed by atoms with E-state index in [2.05, 4.69) is 24.3 Å². The summed E-state index contributed by atoms with van der Waals surface area (Å²) in [5.74, 6) is -0.242. The molecule has 0 radical (unpaired) electrons. The Morgan fingerprint density at radius 1 is 0.615 bits per heavy atom. The van der Waals surface area contributed by atoms with Crippen molar-refractivity contribution in [2.24, 2.45) is 0 Å². The zero-order chi connectivity index (χ0) is 19.0. The van der Waals surface area contributed by atoms with E-state index in [1.165, 1.54) is 12.1 Å². The molecule has 0 bridgehead atoms. The van der Waals surface area contributed by atoms with Gasteiger partial charge in [0.1, 0.15) is 5.82 Å². The first-order valence-corrected chi connectivity index (χ1v) is 8.76. The van der Waals surface area contributed by atoms with Crippen LogP contribution in [0.2, 0.25) is 0 Å². The smallest absolute Gasteiger partial charge is 0.123 e. The number of aryl methyl sites for hydroxylation is 4. The summed E-state index contributed by atoms with van der Waals surface area (Å²) in [5.41, 5.74) is 21.5. The van der Waals surface area contributed by atoms with Gasteiger partial charge in [0.25, 0.3) is 0 Å². The van der Waals surface area contributed by atoms with Gasteiger partial charge < -0.3 is 11.5 Å². The van der Waals surface area contributed by atoms with E-state index < -0.39 is 0 Å². The lowest BCUT2D eigenvalue weighted by Gasteiger charge is -2.22. The second-order valence-corrected chi connectivity index (χ2v) is 7.12. The van der Waals surface area contributed by atoms with Crippen molar-refractivity contribution in [1.82, 2.24) is 0 Å². The van der Waals surface area contributed by atoms with Crippen LogP contribution in [0.3, 0.4) is 0 Å². The van der Waals surface area contributed by atoms with Crippen LogP contribution in [0.15, 0.2) is 48.5 Å². The quantitative estimate of drug-likeness (QED) is 0.491. The number of benzene rings is 3. The summed E-state index contributed by atoms with van der Waals surface area (Å²) in [5, 5.41) is 0. The molecule has 0 unspecified atom stereocenters. The first-order chi connectivity index (χ1) is 12.3. The average Bonchev–Trinajstić information content (AvgIpc) is 2.59. The van der Waals surface area contributed by atoms with Gasteiger partial charge in [-0.1, -0.05) is 36.4 Å². The lowest BCUT2D eigenvalue weighted by atomic mass is 9.82. The van der Waals surface area contributed by atoms with Crippen molar-refractivity contribution in [3.05, 3.63) is 93.3 Å². The molecule has 3 heteroatoms. The summed E-state index contributed by atoms with van der Waals surface area (Å²) in [4.78, 5) is 0. The van der Waals surface area contributed by atoms with Crippen molar-refractivity contribution in [1.29, 1.82) is 0 Å². The van der Waals surface area contributed by atoms with Gasteiger partial charge >= 0.3 is 0 Å². The van der Waals surface area contributed by atoms with E-state index in [0.717, 1.165) is 50.3 Å². The van der Waals surface area contributed by atoms with Crippen molar-refractivity contribution >= 4 is 11.4 Å². The van der Waals surface area contributed by atoms with Crippen molar-refractivity contribution < 1.29 is 4.39 Å². The van der Waals surface area contributed by atoms with E-state index in [1.54, 1.807) is 0 Å². The number of nitrogen functional groups attached to an aromatic ring is 2. The largest absolute Gasteiger partial charge is 0.398 e. The number of hydrogen-bond donors (Lipinski definition) is 2. The molecule has 26 heavy (non-hydrogen) atoms. The van der Waals surface area contributed by atoms with Gasteiger partial charge in [-0.05, 0) is 78.8 Å². The molecule has 0 aliphatic rings. The minimum atomic E-state index is -0.234. The molecule has 0 fully saturated rings. The lowest BCUT2D eigenvalue weighted by Crippen LogP contribution is -2.08. The third-order valence-corrected chi connectivity index (χ3v) is 5.10. The van der Waals surface area contributed by atoms with E-state index in [9.17, 15) is 4.39 Å². The highest BCUT2D eigenvalue weighted by atomic mass is 19.1. The first-order valence-electron chi connectivity index (χ1n) is 8.76. The number of halogens is 1. The molecule has 0 heterocycles.